The molecule has 0 saturated carbocycles. The van der Waals surface area contributed by atoms with Gasteiger partial charge in [0, 0.05) is 126 Å². The molecule has 9 heterocycles. The van der Waals surface area contributed by atoms with Crippen LogP contribution in [0.25, 0.3) is 265 Å². The van der Waals surface area contributed by atoms with E-state index in [1.54, 1.807) is 0 Å². The first kappa shape index (κ1) is 82.9. The summed E-state index contributed by atoms with van der Waals surface area (Å²) in [4.78, 5) is 16.5. The predicted octanol–water partition coefficient (Wildman–Crippen LogP) is 35.2. The van der Waals surface area contributed by atoms with Crippen molar-refractivity contribution in [3.05, 3.63) is 528 Å². The van der Waals surface area contributed by atoms with Gasteiger partial charge in [-0.05, 0) is 130 Å². The van der Waals surface area contributed by atoms with Crippen LogP contribution in [0.2, 0.25) is 0 Å². The Bertz CT molecular complexity index is 10100. The van der Waals surface area contributed by atoms with E-state index in [4.69, 9.17) is 15.0 Å². The molecule has 0 N–H and O–H groups in total. The van der Waals surface area contributed by atoms with E-state index in [1.165, 1.54) is 147 Å². The van der Waals surface area contributed by atoms with Gasteiger partial charge in [-0.3, -0.25) is 13.2 Å². The first-order valence-electron chi connectivity index (χ1n) is 49.2. The topological polar surface area (TPSA) is 66.7 Å². The zero-order valence-corrected chi connectivity index (χ0v) is 78.3. The highest BCUT2D eigenvalue weighted by molar-refractivity contribution is 6.33. The van der Waals surface area contributed by atoms with E-state index in [0.29, 0.717) is 0 Å². The van der Waals surface area contributed by atoms with Gasteiger partial charge in [-0.1, -0.05) is 437 Å². The van der Waals surface area contributed by atoms with E-state index in [1.807, 2.05) is 0 Å². The molecular formula is C135H87N9. The lowest BCUT2D eigenvalue weighted by molar-refractivity contribution is 1.18. The van der Waals surface area contributed by atoms with Crippen LogP contribution in [-0.4, -0.2) is 41.9 Å². The van der Waals surface area contributed by atoms with Gasteiger partial charge in [0.05, 0.1) is 83.3 Å². The van der Waals surface area contributed by atoms with Gasteiger partial charge in [-0.2, -0.15) is 0 Å². The Morgan fingerprint density at radius 2 is 0.382 bits per heavy atom. The molecule has 0 saturated heterocycles. The molecule has 672 valence electrons. The van der Waals surface area contributed by atoms with Crippen molar-refractivity contribution in [2.75, 3.05) is 0 Å². The van der Waals surface area contributed by atoms with Crippen LogP contribution < -0.4 is 0 Å². The summed E-state index contributed by atoms with van der Waals surface area (Å²) in [6.07, 6.45) is 0. The summed E-state index contributed by atoms with van der Waals surface area (Å²) in [5.41, 5.74) is 34.1. The minimum Gasteiger partial charge on any atom is -0.309 e. The molecule has 0 unspecified atom stereocenters. The lowest BCUT2D eigenvalue weighted by atomic mass is 9.97. The van der Waals surface area contributed by atoms with Crippen molar-refractivity contribution in [1.82, 2.24) is 41.9 Å². The lowest BCUT2D eigenvalue weighted by Crippen LogP contribution is -1.97. The van der Waals surface area contributed by atoms with Gasteiger partial charge in [-0.15, -0.1) is 0 Å². The van der Waals surface area contributed by atoms with Crippen LogP contribution in [0.15, 0.2) is 528 Å². The van der Waals surface area contributed by atoms with Crippen LogP contribution in [0.1, 0.15) is 0 Å². The normalized spacial score (nSPS) is 11.8. The van der Waals surface area contributed by atoms with E-state index in [0.717, 1.165) is 118 Å². The number of rotatable bonds is 12. The minimum atomic E-state index is 0.939. The number of benzene rings is 21. The number of imidazole rings is 3. The molecule has 144 heavy (non-hydrogen) atoms. The number of hydrogen-bond acceptors (Lipinski definition) is 3. The van der Waals surface area contributed by atoms with Crippen LogP contribution in [0.3, 0.4) is 0 Å². The third kappa shape index (κ3) is 13.5. The highest BCUT2D eigenvalue weighted by atomic mass is 15.1. The maximum absolute atomic E-state index is 5.49. The molecular weight excluding hydrogens is 1750 g/mol. The summed E-state index contributed by atoms with van der Waals surface area (Å²) < 4.78 is 14.4. The third-order valence-electron chi connectivity index (χ3n) is 29.1. The zero-order chi connectivity index (χ0) is 94.8. The van der Waals surface area contributed by atoms with Gasteiger partial charge in [0.1, 0.15) is 17.5 Å². The molecule has 0 atom stereocenters. The van der Waals surface area contributed by atoms with Crippen molar-refractivity contribution in [3.8, 4) is 118 Å². The third-order valence-corrected chi connectivity index (χ3v) is 29.1. The molecule has 0 radical (unpaired) electrons. The van der Waals surface area contributed by atoms with Gasteiger partial charge in [-0.25, -0.2) is 15.0 Å². The highest BCUT2D eigenvalue weighted by Crippen LogP contribution is 2.50. The molecule has 30 rings (SSSR count). The summed E-state index contributed by atoms with van der Waals surface area (Å²) >= 11 is 0. The first-order valence-corrected chi connectivity index (χ1v) is 49.2. The molecule has 21 aromatic carbocycles. The van der Waals surface area contributed by atoms with Gasteiger partial charge >= 0.3 is 0 Å². The maximum Gasteiger partial charge on any atom is 0.145 e. The fourth-order valence-electron chi connectivity index (χ4n) is 22.7. The Labute approximate surface area is 829 Å². The summed E-state index contributed by atoms with van der Waals surface area (Å²) in [7, 11) is 0. The standard InChI is InChI=1S/3C45H29N3/c1-4-14-30(15-5-1)31-24-26-32(27-25-31)43-44-39-29-42-38(36-21-11-12-22-40(36)47(42)34-18-8-3-9-19-34)28-37(39)35-20-10-13-23-41(35)48(44)45(46-43)33-16-6-2-7-17-33;1-4-14-30(15-5-1)31-24-26-32(27-25-31)43-44-37-28-29-40-42(36-21-11-12-22-38(36)47(40)34-18-8-3-9-19-34)41(37)35-20-10-13-23-39(35)48(44)45(46-43)33-16-6-2-7-17-33;1-4-14-30(15-5-1)31-24-26-32(27-25-31)42-44-38-29-28-36-35-20-10-12-22-39(35)47(34-18-8-3-9-19-34)43(36)41(38)37-21-11-13-23-40(37)48(44)45(46-42)33-16-6-2-7-17-33/h3*1-29H. The molecule has 0 aliphatic rings. The van der Waals surface area contributed by atoms with Crippen molar-refractivity contribution >= 4 is 147 Å². The number of hydrogen-bond donors (Lipinski definition) is 0. The van der Waals surface area contributed by atoms with E-state index >= 15 is 0 Å². The predicted molar refractivity (Wildman–Crippen MR) is 603 cm³/mol. The van der Waals surface area contributed by atoms with Crippen LogP contribution in [0.5, 0.6) is 0 Å². The first-order chi connectivity index (χ1) is 71.5. The van der Waals surface area contributed by atoms with Crippen molar-refractivity contribution in [1.29, 1.82) is 0 Å². The smallest absolute Gasteiger partial charge is 0.145 e. The molecule has 9 heteroatoms. The molecule has 9 aromatic heterocycles. The molecule has 9 nitrogen and oxygen atoms in total. The molecule has 0 fully saturated rings. The lowest BCUT2D eigenvalue weighted by Gasteiger charge is -2.15. The summed E-state index contributed by atoms with van der Waals surface area (Å²) in [6, 6.07) is 189. The van der Waals surface area contributed by atoms with Gasteiger partial charge in [0.2, 0.25) is 0 Å². The Hall–Kier alpha value is -19.4. The Morgan fingerprint density at radius 3 is 0.785 bits per heavy atom. The summed E-state index contributed by atoms with van der Waals surface area (Å²) in [5.74, 6) is 2.82. The summed E-state index contributed by atoms with van der Waals surface area (Å²) in [5, 5.41) is 18.4. The quantitative estimate of drug-likeness (QED) is 0.115. The van der Waals surface area contributed by atoms with Crippen molar-refractivity contribution in [3.63, 3.8) is 0 Å². The molecule has 0 spiro atoms. The number of nitrogens with zero attached hydrogens (tertiary/aromatic N) is 9. The van der Waals surface area contributed by atoms with E-state index in [9.17, 15) is 0 Å². The molecule has 30 aromatic rings. The van der Waals surface area contributed by atoms with Crippen LogP contribution in [0.4, 0.5) is 0 Å². The molecule has 0 amide bonds. The van der Waals surface area contributed by atoms with Crippen LogP contribution in [0, 0.1) is 0 Å². The van der Waals surface area contributed by atoms with Crippen molar-refractivity contribution < 1.29 is 0 Å². The number of fused-ring (bicyclic) bond motifs is 29. The van der Waals surface area contributed by atoms with E-state index < -0.39 is 0 Å². The van der Waals surface area contributed by atoms with Gasteiger partial charge < -0.3 is 13.7 Å². The molecule has 0 aliphatic carbocycles. The SMILES string of the molecule is c1ccc(-c2ccc(-c3nc(-c4ccccc4)n4c5ccccc5c5c(ccc6c5c5ccccc5n6-c5ccccc5)c34)cc2)cc1.c1ccc(-c2ccc(-c3nc(-c4ccccc4)n4c5ccccc5c5c(ccc6c7ccccc7n(-c7ccccc7)c65)c34)cc2)cc1.c1ccc(-c2ccc(-c3nc(-c4ccccc4)n4c5ccccc5c5cc6c7ccccc7n(-c7ccccc7)c6cc5c34)cc2)cc1. The number of pyridine rings is 3. The second-order valence-electron chi connectivity index (χ2n) is 37.1. The highest BCUT2D eigenvalue weighted by Gasteiger charge is 2.30. The average Bonchev–Trinajstić information content (AvgIpc) is 1.53. The minimum absolute atomic E-state index is 0.939. The Morgan fingerprint density at radius 1 is 0.125 bits per heavy atom. The maximum atomic E-state index is 5.49. The second-order valence-corrected chi connectivity index (χ2v) is 37.1. The largest absolute Gasteiger partial charge is 0.309 e. The fraction of sp³-hybridized carbons (Fsp3) is 0. The van der Waals surface area contributed by atoms with E-state index in [2.05, 4.69) is 555 Å². The Balaban J connectivity index is 0.000000105. The monoisotopic (exact) mass is 1830 g/mol. The molecule has 0 bridgehead atoms. The summed E-state index contributed by atoms with van der Waals surface area (Å²) in [6.45, 7) is 0. The van der Waals surface area contributed by atoms with Crippen LogP contribution >= 0.6 is 0 Å². The average molecular weight is 1840 g/mol. The fourth-order valence-corrected chi connectivity index (χ4v) is 22.7. The van der Waals surface area contributed by atoms with Gasteiger partial charge in [0.25, 0.3) is 0 Å². The zero-order valence-electron chi connectivity index (χ0n) is 78.3. The number of aromatic nitrogens is 9. The van der Waals surface area contributed by atoms with Crippen molar-refractivity contribution in [2.45, 2.75) is 0 Å². The number of para-hydroxylation sites is 9. The Kier molecular flexibility index (Phi) is 19.8. The molecule has 0 aliphatic heterocycles. The second kappa shape index (κ2) is 34.4. The van der Waals surface area contributed by atoms with E-state index in [-0.39, 0.29) is 0 Å². The van der Waals surface area contributed by atoms with Gasteiger partial charge in [0.15, 0.2) is 0 Å². The van der Waals surface area contributed by atoms with Crippen molar-refractivity contribution in [2.24, 2.45) is 0 Å². The van der Waals surface area contributed by atoms with Crippen LogP contribution in [-0.2, 0) is 0 Å².